The Kier molecular flexibility index (Phi) is 8.68. The second-order valence-electron chi connectivity index (χ2n) is 8.25. The molecule has 2 aliphatic heterocycles. The van der Waals surface area contributed by atoms with Crippen molar-refractivity contribution in [3.63, 3.8) is 0 Å². The minimum absolute atomic E-state index is 0.149. The number of hydrogen-bond donors (Lipinski definition) is 1. The fraction of sp³-hybridized carbons (Fsp3) is 0.714. The lowest BCUT2D eigenvalue weighted by Gasteiger charge is -2.36. The van der Waals surface area contributed by atoms with Gasteiger partial charge in [0.15, 0.2) is 0 Å². The Hall–Kier alpha value is -1.53. The second kappa shape index (κ2) is 11.1. The van der Waals surface area contributed by atoms with E-state index in [2.05, 4.69) is 5.32 Å². The van der Waals surface area contributed by atoms with Gasteiger partial charge in [-0.2, -0.15) is 17.0 Å². The van der Waals surface area contributed by atoms with Gasteiger partial charge in [-0.25, -0.2) is 4.79 Å². The van der Waals surface area contributed by atoms with Crippen LogP contribution in [0, 0.1) is 13.8 Å². The molecule has 11 heteroatoms. The van der Waals surface area contributed by atoms with Gasteiger partial charge in [-0.3, -0.25) is 9.69 Å². The average molecular weight is 487 g/mol. The van der Waals surface area contributed by atoms with Gasteiger partial charge in [-0.15, -0.1) is 11.3 Å². The van der Waals surface area contributed by atoms with Crippen LogP contribution >= 0.6 is 11.3 Å². The first-order valence-electron chi connectivity index (χ1n) is 11.3. The predicted octanol–water partition coefficient (Wildman–Crippen LogP) is 2.22. The normalized spacial score (nSPS) is 19.5. The molecule has 0 saturated carbocycles. The quantitative estimate of drug-likeness (QED) is 0.594. The number of esters is 1. The fourth-order valence-corrected chi connectivity index (χ4v) is 6.82. The van der Waals surface area contributed by atoms with Gasteiger partial charge in [0.05, 0.1) is 18.7 Å². The molecule has 1 amide bonds. The number of amides is 1. The molecular weight excluding hydrogens is 452 g/mol. The van der Waals surface area contributed by atoms with Crippen molar-refractivity contribution in [3.8, 4) is 0 Å². The average Bonchev–Trinajstić information content (AvgIpc) is 2.93. The monoisotopic (exact) mass is 486 g/mol. The van der Waals surface area contributed by atoms with E-state index in [-0.39, 0.29) is 19.1 Å². The van der Waals surface area contributed by atoms with Crippen LogP contribution in [0.1, 0.15) is 53.4 Å². The molecule has 0 spiro atoms. The van der Waals surface area contributed by atoms with Gasteiger partial charge < -0.3 is 10.1 Å². The van der Waals surface area contributed by atoms with Crippen molar-refractivity contribution in [3.05, 3.63) is 16.0 Å². The van der Waals surface area contributed by atoms with Crippen LogP contribution in [0.4, 0.5) is 5.00 Å². The van der Waals surface area contributed by atoms with Gasteiger partial charge in [-0.1, -0.05) is 12.8 Å². The van der Waals surface area contributed by atoms with E-state index < -0.39 is 16.2 Å². The number of nitrogens with one attached hydrogen (secondary N) is 1. The summed E-state index contributed by atoms with van der Waals surface area (Å²) in [5.74, 6) is -0.655. The minimum atomic E-state index is -3.44. The van der Waals surface area contributed by atoms with Crippen molar-refractivity contribution < 1.29 is 22.7 Å². The molecule has 1 aromatic heterocycles. The molecule has 32 heavy (non-hydrogen) atoms. The first-order chi connectivity index (χ1) is 15.2. The second-order valence-corrected chi connectivity index (χ2v) is 11.4. The maximum absolute atomic E-state index is 13.0. The Morgan fingerprint density at radius 2 is 1.56 bits per heavy atom. The molecule has 0 aliphatic carbocycles. The lowest BCUT2D eigenvalue weighted by Crippen LogP contribution is -2.54. The van der Waals surface area contributed by atoms with Crippen molar-refractivity contribution >= 4 is 38.4 Å². The molecule has 3 rings (SSSR count). The van der Waals surface area contributed by atoms with E-state index in [1.165, 1.54) is 15.6 Å². The Labute approximate surface area is 194 Å². The van der Waals surface area contributed by atoms with Crippen LogP contribution in [-0.4, -0.2) is 86.2 Å². The summed E-state index contributed by atoms with van der Waals surface area (Å²) in [6.45, 7) is 8.83. The van der Waals surface area contributed by atoms with E-state index >= 15 is 0 Å². The molecular formula is C21H34N4O5S2. The Balaban J connectivity index is 1.55. The number of ether oxygens (including phenoxy) is 1. The summed E-state index contributed by atoms with van der Waals surface area (Å²) >= 11 is 1.36. The zero-order chi connectivity index (χ0) is 23.3. The number of carbonyl (C=O) groups is 2. The van der Waals surface area contributed by atoms with Gasteiger partial charge in [0.1, 0.15) is 5.00 Å². The highest BCUT2D eigenvalue weighted by atomic mass is 32.2. The molecule has 2 aliphatic rings. The third kappa shape index (κ3) is 5.88. The number of aryl methyl sites for hydroxylation is 1. The molecule has 9 nitrogen and oxygen atoms in total. The fourth-order valence-electron chi connectivity index (χ4n) is 4.09. The molecule has 2 fully saturated rings. The van der Waals surface area contributed by atoms with Gasteiger partial charge in [-0.05, 0) is 39.2 Å². The Morgan fingerprint density at radius 1 is 0.969 bits per heavy atom. The van der Waals surface area contributed by atoms with E-state index in [0.29, 0.717) is 49.8 Å². The molecule has 0 atom stereocenters. The molecule has 0 unspecified atom stereocenters. The van der Waals surface area contributed by atoms with E-state index in [1.54, 1.807) is 11.2 Å². The van der Waals surface area contributed by atoms with E-state index in [1.807, 2.05) is 18.7 Å². The lowest BCUT2D eigenvalue weighted by molar-refractivity contribution is -0.117. The first kappa shape index (κ1) is 25.1. The van der Waals surface area contributed by atoms with Gasteiger partial charge >= 0.3 is 5.97 Å². The molecule has 0 radical (unpaired) electrons. The predicted molar refractivity (Wildman–Crippen MR) is 125 cm³/mol. The third-order valence-corrected chi connectivity index (χ3v) is 9.19. The molecule has 1 N–H and O–H groups in total. The highest BCUT2D eigenvalue weighted by Crippen LogP contribution is 2.33. The van der Waals surface area contributed by atoms with E-state index in [4.69, 9.17) is 4.74 Å². The van der Waals surface area contributed by atoms with Crippen molar-refractivity contribution in [2.45, 2.75) is 46.5 Å². The van der Waals surface area contributed by atoms with Crippen LogP contribution < -0.4 is 5.32 Å². The lowest BCUT2D eigenvalue weighted by atomic mass is 10.1. The molecule has 2 saturated heterocycles. The zero-order valence-corrected chi connectivity index (χ0v) is 20.8. The Bertz CT molecular complexity index is 915. The molecule has 3 heterocycles. The number of thiophene rings is 1. The number of carbonyl (C=O) groups excluding carboxylic acids is 2. The molecule has 1 aromatic rings. The highest BCUT2D eigenvalue weighted by molar-refractivity contribution is 7.86. The Morgan fingerprint density at radius 3 is 2.16 bits per heavy atom. The summed E-state index contributed by atoms with van der Waals surface area (Å²) in [6, 6.07) is 0. The summed E-state index contributed by atoms with van der Waals surface area (Å²) in [4.78, 5) is 27.9. The van der Waals surface area contributed by atoms with E-state index in [9.17, 15) is 18.0 Å². The SMILES string of the molecule is CCOC(=O)c1c(NC(=O)CN2CCN(S(=O)(=O)N3CCCCCC3)CC2)sc(C)c1C. The van der Waals surface area contributed by atoms with Gasteiger partial charge in [0.2, 0.25) is 5.91 Å². The van der Waals surface area contributed by atoms with Crippen molar-refractivity contribution in [1.29, 1.82) is 0 Å². The summed E-state index contributed by atoms with van der Waals surface area (Å²) < 4.78 is 34.2. The van der Waals surface area contributed by atoms with Gasteiger partial charge in [0.25, 0.3) is 10.2 Å². The summed E-state index contributed by atoms with van der Waals surface area (Å²) in [7, 11) is -3.44. The molecule has 180 valence electrons. The summed E-state index contributed by atoms with van der Waals surface area (Å²) in [5, 5.41) is 3.36. The van der Waals surface area contributed by atoms with Crippen LogP contribution in [0.15, 0.2) is 0 Å². The summed E-state index contributed by atoms with van der Waals surface area (Å²) in [5.41, 5.74) is 1.23. The van der Waals surface area contributed by atoms with Crippen LogP contribution in [0.3, 0.4) is 0 Å². The largest absolute Gasteiger partial charge is 0.462 e. The van der Waals surface area contributed by atoms with Crippen LogP contribution in [0.25, 0.3) is 0 Å². The van der Waals surface area contributed by atoms with Gasteiger partial charge in [0, 0.05) is 44.1 Å². The number of piperazine rings is 1. The van der Waals surface area contributed by atoms with Crippen molar-refractivity contribution in [1.82, 2.24) is 13.5 Å². The highest BCUT2D eigenvalue weighted by Gasteiger charge is 2.33. The maximum Gasteiger partial charge on any atom is 0.341 e. The molecule has 0 bridgehead atoms. The number of rotatable bonds is 7. The maximum atomic E-state index is 13.0. The first-order valence-corrected chi connectivity index (χ1v) is 13.5. The number of hydrogen-bond acceptors (Lipinski definition) is 7. The molecule has 0 aromatic carbocycles. The topological polar surface area (TPSA) is 99.3 Å². The van der Waals surface area contributed by atoms with Crippen LogP contribution in [0.5, 0.6) is 0 Å². The van der Waals surface area contributed by atoms with Crippen LogP contribution in [0.2, 0.25) is 0 Å². The van der Waals surface area contributed by atoms with E-state index in [0.717, 1.165) is 36.1 Å². The minimum Gasteiger partial charge on any atom is -0.462 e. The standard InChI is InChI=1S/C21H34N4O5S2/c1-4-30-21(27)19-16(2)17(3)31-20(19)22-18(26)15-23-11-13-25(14-12-23)32(28,29)24-9-7-5-6-8-10-24/h4-15H2,1-3H3,(H,22,26). The van der Waals surface area contributed by atoms with Crippen molar-refractivity contribution in [2.75, 3.05) is 57.7 Å². The summed E-state index contributed by atoms with van der Waals surface area (Å²) in [6.07, 6.45) is 3.98. The zero-order valence-electron chi connectivity index (χ0n) is 19.2. The third-order valence-electron chi connectivity index (χ3n) is 6.03. The van der Waals surface area contributed by atoms with Crippen LogP contribution in [-0.2, 0) is 19.7 Å². The number of anilines is 1. The smallest absolute Gasteiger partial charge is 0.341 e. The van der Waals surface area contributed by atoms with Crippen molar-refractivity contribution in [2.24, 2.45) is 0 Å². The number of nitrogens with zero attached hydrogens (tertiary/aromatic N) is 3.